The molecule has 180 valence electrons. The zero-order valence-corrected chi connectivity index (χ0v) is 19.8. The van der Waals surface area contributed by atoms with Gasteiger partial charge in [-0.15, -0.1) is 0 Å². The molecule has 0 unspecified atom stereocenters. The van der Waals surface area contributed by atoms with Gasteiger partial charge in [0.1, 0.15) is 5.82 Å². The van der Waals surface area contributed by atoms with Crippen molar-refractivity contribution in [1.82, 2.24) is 8.87 Å². The first kappa shape index (κ1) is 23.4. The minimum atomic E-state index is -3.96. The van der Waals surface area contributed by atoms with Gasteiger partial charge in [-0.05, 0) is 60.9 Å². The van der Waals surface area contributed by atoms with Crippen LogP contribution in [0.15, 0.2) is 77.7 Å². The van der Waals surface area contributed by atoms with E-state index in [0.29, 0.717) is 19.0 Å². The summed E-state index contributed by atoms with van der Waals surface area (Å²) < 4.78 is 70.1. The fourth-order valence-electron chi connectivity index (χ4n) is 4.74. The summed E-state index contributed by atoms with van der Waals surface area (Å²) in [6.45, 7) is 2.86. The van der Waals surface area contributed by atoms with Crippen LogP contribution in [0.5, 0.6) is 0 Å². The highest BCUT2D eigenvalue weighted by molar-refractivity contribution is 7.89. The van der Waals surface area contributed by atoms with Gasteiger partial charge in [-0.2, -0.15) is 4.31 Å². The van der Waals surface area contributed by atoms with Crippen molar-refractivity contribution >= 4 is 26.5 Å². The van der Waals surface area contributed by atoms with Gasteiger partial charge in [0.15, 0.2) is 11.6 Å². The first-order valence-electron chi connectivity index (χ1n) is 11.2. The lowest BCUT2D eigenvalue weighted by Crippen LogP contribution is -2.34. The Morgan fingerprint density at radius 1 is 0.914 bits per heavy atom. The average Bonchev–Trinajstić information content (AvgIpc) is 3.12. The second-order valence-corrected chi connectivity index (χ2v) is 10.5. The van der Waals surface area contributed by atoms with Crippen molar-refractivity contribution < 1.29 is 21.6 Å². The SMILES string of the molecule is Cc1c(C2=CCN(S(=O)(=O)c3ccc(F)c(F)c3)CC2)c2ccccc2n1Cc1cccc(F)c1. The van der Waals surface area contributed by atoms with Crippen molar-refractivity contribution in [3.05, 3.63) is 107 Å². The number of aromatic nitrogens is 1. The Kier molecular flexibility index (Phi) is 6.02. The molecule has 1 aliphatic heterocycles. The van der Waals surface area contributed by atoms with E-state index >= 15 is 0 Å². The average molecular weight is 497 g/mol. The minimum Gasteiger partial charge on any atom is -0.340 e. The molecule has 0 N–H and O–H groups in total. The fraction of sp³-hybridized carbons (Fsp3) is 0.185. The summed E-state index contributed by atoms with van der Waals surface area (Å²) in [7, 11) is -3.96. The highest BCUT2D eigenvalue weighted by atomic mass is 32.2. The Morgan fingerprint density at radius 3 is 2.43 bits per heavy atom. The van der Waals surface area contributed by atoms with Crippen molar-refractivity contribution in [2.45, 2.75) is 24.8 Å². The highest BCUT2D eigenvalue weighted by Crippen LogP contribution is 2.36. The third-order valence-electron chi connectivity index (χ3n) is 6.48. The Balaban J connectivity index is 1.49. The molecule has 0 spiro atoms. The monoisotopic (exact) mass is 496 g/mol. The number of para-hydroxylation sites is 1. The van der Waals surface area contributed by atoms with Gasteiger partial charge in [0.2, 0.25) is 10.0 Å². The summed E-state index contributed by atoms with van der Waals surface area (Å²) in [5.41, 5.74) is 4.94. The molecule has 0 aliphatic carbocycles. The summed E-state index contributed by atoms with van der Waals surface area (Å²) >= 11 is 0. The molecule has 4 nitrogen and oxygen atoms in total. The van der Waals surface area contributed by atoms with Crippen LogP contribution in [-0.4, -0.2) is 30.4 Å². The second kappa shape index (κ2) is 9.02. The Bertz CT molecular complexity index is 1570. The predicted molar refractivity (Wildman–Crippen MR) is 130 cm³/mol. The number of halogens is 3. The lowest BCUT2D eigenvalue weighted by molar-refractivity contribution is 0.439. The normalized spacial score (nSPS) is 14.9. The van der Waals surface area contributed by atoms with Crippen LogP contribution in [0.1, 0.15) is 23.2 Å². The summed E-state index contributed by atoms with van der Waals surface area (Å²) in [5, 5.41) is 1.05. The lowest BCUT2D eigenvalue weighted by Gasteiger charge is -2.26. The first-order chi connectivity index (χ1) is 16.8. The van der Waals surface area contributed by atoms with Gasteiger partial charge in [-0.1, -0.05) is 36.4 Å². The molecule has 0 amide bonds. The summed E-state index contributed by atoms with van der Waals surface area (Å²) in [6.07, 6.45) is 2.35. The van der Waals surface area contributed by atoms with Crippen LogP contribution in [0.4, 0.5) is 13.2 Å². The maximum atomic E-state index is 13.8. The maximum Gasteiger partial charge on any atom is 0.243 e. The van der Waals surface area contributed by atoms with Crippen molar-refractivity contribution in [2.75, 3.05) is 13.1 Å². The minimum absolute atomic E-state index is 0.125. The molecule has 4 aromatic rings. The van der Waals surface area contributed by atoms with Crippen LogP contribution in [0, 0.1) is 24.4 Å². The molecule has 0 radical (unpaired) electrons. The third kappa shape index (κ3) is 4.28. The smallest absolute Gasteiger partial charge is 0.243 e. The Hall–Kier alpha value is -3.36. The summed E-state index contributed by atoms with van der Waals surface area (Å²) in [5.74, 6) is -2.56. The van der Waals surface area contributed by atoms with E-state index in [1.165, 1.54) is 16.4 Å². The maximum absolute atomic E-state index is 13.8. The molecule has 0 saturated carbocycles. The molecule has 2 heterocycles. The molecule has 0 fully saturated rings. The summed E-state index contributed by atoms with van der Waals surface area (Å²) in [4.78, 5) is -0.267. The molecule has 1 aromatic heterocycles. The van der Waals surface area contributed by atoms with E-state index in [0.717, 1.165) is 45.4 Å². The predicted octanol–water partition coefficient (Wildman–Crippen LogP) is 5.89. The van der Waals surface area contributed by atoms with Crippen LogP contribution in [-0.2, 0) is 16.6 Å². The van der Waals surface area contributed by atoms with Crippen molar-refractivity contribution in [2.24, 2.45) is 0 Å². The van der Waals surface area contributed by atoms with E-state index in [1.807, 2.05) is 43.3 Å². The van der Waals surface area contributed by atoms with Gasteiger partial charge < -0.3 is 4.57 Å². The zero-order chi connectivity index (χ0) is 24.7. The number of sulfonamides is 1. The third-order valence-corrected chi connectivity index (χ3v) is 8.34. The number of rotatable bonds is 5. The lowest BCUT2D eigenvalue weighted by atomic mass is 9.97. The topological polar surface area (TPSA) is 42.3 Å². The van der Waals surface area contributed by atoms with E-state index in [4.69, 9.17) is 0 Å². The molecule has 8 heteroatoms. The molecule has 35 heavy (non-hydrogen) atoms. The van der Waals surface area contributed by atoms with E-state index < -0.39 is 21.7 Å². The number of fused-ring (bicyclic) bond motifs is 1. The van der Waals surface area contributed by atoms with E-state index in [9.17, 15) is 21.6 Å². The van der Waals surface area contributed by atoms with Gasteiger partial charge >= 0.3 is 0 Å². The molecule has 0 bridgehead atoms. The molecular weight excluding hydrogens is 473 g/mol. The second-order valence-electron chi connectivity index (χ2n) is 8.61. The number of hydrogen-bond donors (Lipinski definition) is 0. The van der Waals surface area contributed by atoms with E-state index in [2.05, 4.69) is 4.57 Å². The molecule has 1 aliphatic rings. The van der Waals surface area contributed by atoms with Gasteiger partial charge in [-0.3, -0.25) is 0 Å². The largest absolute Gasteiger partial charge is 0.340 e. The standard InChI is InChI=1S/C27H23F3N2O2S/c1-18-27(23-7-2-3-8-26(23)32(18)17-19-5-4-6-21(28)15-19)20-11-13-31(14-12-20)35(33,34)22-9-10-24(29)25(30)16-22/h2-11,15-16H,12-14,17H2,1H3. The highest BCUT2D eigenvalue weighted by Gasteiger charge is 2.28. The molecule has 5 rings (SSSR count). The quantitative estimate of drug-likeness (QED) is 0.346. The molecular formula is C27H23F3N2O2S. The van der Waals surface area contributed by atoms with Gasteiger partial charge in [-0.25, -0.2) is 21.6 Å². The Labute approximate surface area is 202 Å². The Morgan fingerprint density at radius 2 is 1.71 bits per heavy atom. The van der Waals surface area contributed by atoms with Crippen LogP contribution in [0.2, 0.25) is 0 Å². The van der Waals surface area contributed by atoms with Gasteiger partial charge in [0.05, 0.1) is 4.90 Å². The van der Waals surface area contributed by atoms with Crippen molar-refractivity contribution in [3.63, 3.8) is 0 Å². The molecule has 0 saturated heterocycles. The fourth-order valence-corrected chi connectivity index (χ4v) is 6.13. The van der Waals surface area contributed by atoms with E-state index in [1.54, 1.807) is 6.07 Å². The van der Waals surface area contributed by atoms with Crippen LogP contribution in [0.25, 0.3) is 16.5 Å². The first-order valence-corrected chi connectivity index (χ1v) is 12.7. The summed E-state index contributed by atoms with van der Waals surface area (Å²) in [6, 6.07) is 17.1. The number of nitrogens with zero attached hydrogens (tertiary/aromatic N) is 2. The molecule has 3 aromatic carbocycles. The van der Waals surface area contributed by atoms with Crippen LogP contribution < -0.4 is 0 Å². The number of hydrogen-bond acceptors (Lipinski definition) is 2. The van der Waals surface area contributed by atoms with Crippen molar-refractivity contribution in [3.8, 4) is 0 Å². The van der Waals surface area contributed by atoms with Crippen molar-refractivity contribution in [1.29, 1.82) is 0 Å². The van der Waals surface area contributed by atoms with Gasteiger partial charge in [0.25, 0.3) is 0 Å². The van der Waals surface area contributed by atoms with E-state index in [-0.39, 0.29) is 23.8 Å². The van der Waals surface area contributed by atoms with Crippen LogP contribution >= 0.6 is 0 Å². The molecule has 0 atom stereocenters. The zero-order valence-electron chi connectivity index (χ0n) is 19.0. The van der Waals surface area contributed by atoms with Crippen LogP contribution in [0.3, 0.4) is 0 Å². The number of benzene rings is 3. The van der Waals surface area contributed by atoms with Gasteiger partial charge in [0, 0.05) is 41.8 Å².